The van der Waals surface area contributed by atoms with Crippen molar-refractivity contribution < 1.29 is 8.83 Å². The van der Waals surface area contributed by atoms with Gasteiger partial charge in [-0.1, -0.05) is 200 Å². The van der Waals surface area contributed by atoms with Crippen LogP contribution in [0.4, 0.5) is 0 Å². The van der Waals surface area contributed by atoms with Gasteiger partial charge >= 0.3 is 0 Å². The number of hydrogen-bond acceptors (Lipinski definition) is 5. The Morgan fingerprint density at radius 2 is 0.843 bits per heavy atom. The lowest BCUT2D eigenvalue weighted by Gasteiger charge is -2.16. The first-order chi connectivity index (χ1) is 34.7. The average molecular weight is 894 g/mol. The molecule has 14 rings (SSSR count). The topological polar surface area (TPSA) is 65.0 Å². The van der Waals surface area contributed by atoms with Crippen LogP contribution in [0.15, 0.2) is 245 Å². The van der Waals surface area contributed by atoms with Gasteiger partial charge in [-0.3, -0.25) is 0 Å². The standard InChI is InChI=1S/C65H39N3O2/c1-3-15-42(16-4-1)55-39-56(68-65(67-55)45-35-31-41(32-36-45)48-24-14-25-50-49-21-8-11-27-57(49)70-64(48)50)43-33-29-40(30-34-43)46-19-13-20-47(37-46)63-53-38-59-62(52-23-9-12-28-58(52)69-59)60(44-17-5-2-6-18-44)61(53)51-22-7-10-26-54(51)66-63/h1-39H. The summed E-state index contributed by atoms with van der Waals surface area (Å²) in [5, 5.41) is 7.76. The molecule has 10 aromatic carbocycles. The molecule has 0 spiro atoms. The summed E-state index contributed by atoms with van der Waals surface area (Å²) < 4.78 is 13.0. The molecule has 0 aliphatic rings. The third kappa shape index (κ3) is 6.59. The van der Waals surface area contributed by atoms with E-state index in [-0.39, 0.29) is 0 Å². The number of furan rings is 2. The van der Waals surface area contributed by atoms with Crippen molar-refractivity contribution in [2.75, 3.05) is 0 Å². The van der Waals surface area contributed by atoms with E-state index in [9.17, 15) is 0 Å². The summed E-state index contributed by atoms with van der Waals surface area (Å²) in [4.78, 5) is 15.7. The number of rotatable bonds is 7. The zero-order valence-electron chi connectivity index (χ0n) is 37.7. The molecule has 5 nitrogen and oxygen atoms in total. The number of aromatic nitrogens is 3. The lowest BCUT2D eigenvalue weighted by molar-refractivity contribution is 0.669. The van der Waals surface area contributed by atoms with Gasteiger partial charge in [-0.25, -0.2) is 15.0 Å². The molecule has 0 fully saturated rings. The zero-order valence-corrected chi connectivity index (χ0v) is 37.7. The van der Waals surface area contributed by atoms with E-state index in [1.54, 1.807) is 0 Å². The van der Waals surface area contributed by atoms with Crippen molar-refractivity contribution in [2.45, 2.75) is 0 Å². The molecule has 4 aromatic heterocycles. The molecule has 0 saturated carbocycles. The summed E-state index contributed by atoms with van der Waals surface area (Å²) in [7, 11) is 0. The third-order valence-electron chi connectivity index (χ3n) is 13.7. The Labute approximate surface area is 402 Å². The monoisotopic (exact) mass is 893 g/mol. The second-order valence-electron chi connectivity index (χ2n) is 17.8. The van der Waals surface area contributed by atoms with Crippen molar-refractivity contribution in [1.82, 2.24) is 15.0 Å². The lowest BCUT2D eigenvalue weighted by atomic mass is 9.89. The summed E-state index contributed by atoms with van der Waals surface area (Å²) >= 11 is 0. The first kappa shape index (κ1) is 39.7. The van der Waals surface area contributed by atoms with Gasteiger partial charge in [0.25, 0.3) is 0 Å². The van der Waals surface area contributed by atoms with Crippen LogP contribution in [-0.2, 0) is 0 Å². The van der Waals surface area contributed by atoms with Crippen molar-refractivity contribution in [1.29, 1.82) is 0 Å². The molecule has 326 valence electrons. The number of nitrogens with zero attached hydrogens (tertiary/aromatic N) is 3. The summed E-state index contributed by atoms with van der Waals surface area (Å²) in [6, 6.07) is 82.5. The number of hydrogen-bond donors (Lipinski definition) is 0. The Morgan fingerprint density at radius 3 is 1.61 bits per heavy atom. The van der Waals surface area contributed by atoms with Crippen molar-refractivity contribution in [2.24, 2.45) is 0 Å². The van der Waals surface area contributed by atoms with Gasteiger partial charge in [0.2, 0.25) is 0 Å². The van der Waals surface area contributed by atoms with Gasteiger partial charge in [0.05, 0.1) is 22.6 Å². The molecule has 14 aromatic rings. The molecule has 70 heavy (non-hydrogen) atoms. The fraction of sp³-hybridized carbons (Fsp3) is 0. The van der Waals surface area contributed by atoms with Crippen molar-refractivity contribution >= 4 is 65.6 Å². The van der Waals surface area contributed by atoms with Crippen LogP contribution in [0.2, 0.25) is 0 Å². The molecular formula is C65H39N3O2. The molecule has 0 unspecified atom stereocenters. The lowest BCUT2D eigenvalue weighted by Crippen LogP contribution is -1.96. The smallest absolute Gasteiger partial charge is 0.160 e. The molecule has 5 heteroatoms. The van der Waals surface area contributed by atoms with Crippen LogP contribution in [0.5, 0.6) is 0 Å². The van der Waals surface area contributed by atoms with E-state index in [1.165, 1.54) is 0 Å². The number of pyridine rings is 1. The first-order valence-corrected chi connectivity index (χ1v) is 23.6. The normalized spacial score (nSPS) is 11.7. The highest BCUT2D eigenvalue weighted by molar-refractivity contribution is 6.27. The Kier molecular flexibility index (Phi) is 9.14. The Balaban J connectivity index is 0.853. The van der Waals surface area contributed by atoms with Crippen LogP contribution < -0.4 is 0 Å². The molecule has 0 aliphatic carbocycles. The number of para-hydroxylation sites is 4. The van der Waals surface area contributed by atoms with E-state index in [0.717, 1.165) is 138 Å². The second kappa shape index (κ2) is 16.1. The van der Waals surface area contributed by atoms with E-state index >= 15 is 0 Å². The number of benzene rings is 10. The first-order valence-electron chi connectivity index (χ1n) is 23.6. The highest BCUT2D eigenvalue weighted by atomic mass is 16.3. The third-order valence-corrected chi connectivity index (χ3v) is 13.7. The molecule has 0 radical (unpaired) electrons. The Hall–Kier alpha value is -9.45. The van der Waals surface area contributed by atoms with Crippen LogP contribution in [0, 0.1) is 0 Å². The van der Waals surface area contributed by atoms with Crippen molar-refractivity contribution in [3.05, 3.63) is 237 Å². The van der Waals surface area contributed by atoms with Gasteiger partial charge in [0.15, 0.2) is 5.82 Å². The van der Waals surface area contributed by atoms with E-state index in [1.807, 2.05) is 36.4 Å². The maximum atomic E-state index is 6.63. The molecule has 4 heterocycles. The maximum absolute atomic E-state index is 6.63. The van der Waals surface area contributed by atoms with Gasteiger partial charge in [-0.2, -0.15) is 0 Å². The maximum Gasteiger partial charge on any atom is 0.160 e. The molecule has 0 N–H and O–H groups in total. The van der Waals surface area contributed by atoms with Crippen LogP contribution in [0.25, 0.3) is 144 Å². The minimum absolute atomic E-state index is 0.659. The van der Waals surface area contributed by atoms with Crippen LogP contribution in [-0.4, -0.2) is 15.0 Å². The molecular weight excluding hydrogens is 855 g/mol. The molecule has 0 atom stereocenters. The van der Waals surface area contributed by atoms with Crippen molar-refractivity contribution in [3.8, 4) is 78.5 Å². The molecule has 0 aliphatic heterocycles. The highest BCUT2D eigenvalue weighted by Gasteiger charge is 2.22. The van der Waals surface area contributed by atoms with Gasteiger partial charge in [0, 0.05) is 71.1 Å². The fourth-order valence-corrected chi connectivity index (χ4v) is 10.4. The van der Waals surface area contributed by atoms with Gasteiger partial charge in [-0.15, -0.1) is 0 Å². The molecule has 0 saturated heterocycles. The summed E-state index contributed by atoms with van der Waals surface area (Å²) in [6.45, 7) is 0. The Bertz CT molecular complexity index is 4330. The summed E-state index contributed by atoms with van der Waals surface area (Å²) in [6.07, 6.45) is 0. The van der Waals surface area contributed by atoms with E-state index in [4.69, 9.17) is 23.8 Å². The largest absolute Gasteiger partial charge is 0.456 e. The van der Waals surface area contributed by atoms with Crippen LogP contribution in [0.1, 0.15) is 0 Å². The predicted molar refractivity (Wildman–Crippen MR) is 287 cm³/mol. The van der Waals surface area contributed by atoms with E-state index in [0.29, 0.717) is 5.82 Å². The SMILES string of the molecule is c1ccc(-c2cc(-c3ccc(-c4cccc(-c5nc6ccccc6c6c(-c7ccccc7)c7c(cc56)oc5ccccc57)c4)cc3)nc(-c3ccc(-c4cccc5c4oc4ccccc45)cc3)n2)cc1. The molecule has 0 bridgehead atoms. The number of fused-ring (bicyclic) bond motifs is 9. The highest BCUT2D eigenvalue weighted by Crippen LogP contribution is 2.47. The van der Waals surface area contributed by atoms with Crippen molar-refractivity contribution in [3.63, 3.8) is 0 Å². The van der Waals surface area contributed by atoms with E-state index < -0.39 is 0 Å². The summed E-state index contributed by atoms with van der Waals surface area (Å²) in [5.74, 6) is 0.659. The fourth-order valence-electron chi connectivity index (χ4n) is 10.4. The predicted octanol–water partition coefficient (Wildman–Crippen LogP) is 17.6. The van der Waals surface area contributed by atoms with Gasteiger partial charge < -0.3 is 8.83 Å². The average Bonchev–Trinajstić information content (AvgIpc) is 4.01. The summed E-state index contributed by atoms with van der Waals surface area (Å²) in [5.41, 5.74) is 17.6. The van der Waals surface area contributed by atoms with Gasteiger partial charge in [-0.05, 0) is 58.7 Å². The Morgan fingerprint density at radius 1 is 0.286 bits per heavy atom. The quantitative estimate of drug-likeness (QED) is 0.149. The van der Waals surface area contributed by atoms with Crippen LogP contribution in [0.3, 0.4) is 0 Å². The minimum atomic E-state index is 0.659. The molecule has 0 amide bonds. The van der Waals surface area contributed by atoms with E-state index in [2.05, 4.69) is 200 Å². The minimum Gasteiger partial charge on any atom is -0.456 e. The second-order valence-corrected chi connectivity index (χ2v) is 17.8. The van der Waals surface area contributed by atoms with Crippen LogP contribution >= 0.6 is 0 Å². The van der Waals surface area contributed by atoms with Gasteiger partial charge in [0.1, 0.15) is 22.3 Å². The zero-order chi connectivity index (χ0) is 46.1.